The van der Waals surface area contributed by atoms with Gasteiger partial charge < -0.3 is 4.90 Å². The quantitative estimate of drug-likeness (QED) is 0.677. The minimum atomic E-state index is -0.376. The summed E-state index contributed by atoms with van der Waals surface area (Å²) < 4.78 is 16.4. The highest BCUT2D eigenvalue weighted by Crippen LogP contribution is 2.31. The third-order valence-electron chi connectivity index (χ3n) is 3.84. The normalized spacial score (nSPS) is 11.4. The maximum absolute atomic E-state index is 14.0. The molecular formula is C17H20FN5OS. The third kappa shape index (κ3) is 3.54. The summed E-state index contributed by atoms with van der Waals surface area (Å²) in [5, 5.41) is 4.66. The van der Waals surface area contributed by atoms with Crippen molar-refractivity contribution in [3.63, 3.8) is 0 Å². The van der Waals surface area contributed by atoms with Crippen LogP contribution in [0.15, 0.2) is 30.5 Å². The van der Waals surface area contributed by atoms with Crippen LogP contribution in [0.1, 0.15) is 17.4 Å². The molecule has 0 bridgehead atoms. The molecule has 0 atom stereocenters. The van der Waals surface area contributed by atoms with Crippen molar-refractivity contribution in [2.24, 2.45) is 0 Å². The number of para-hydroxylation sites is 1. The molecule has 2 aromatic heterocycles. The van der Waals surface area contributed by atoms with Crippen molar-refractivity contribution < 1.29 is 9.18 Å². The van der Waals surface area contributed by atoms with Gasteiger partial charge in [-0.05, 0) is 39.2 Å². The van der Waals surface area contributed by atoms with Gasteiger partial charge in [0.05, 0.1) is 4.70 Å². The molecule has 1 aromatic carbocycles. The highest BCUT2D eigenvalue weighted by atomic mass is 32.1. The standard InChI is InChI=1S/C17H20FN5OS/c1-4-23-13(8-9-19-23)16(24)22(11-10-21(2)3)17-20-15-12(18)6-5-7-14(15)25-17/h5-9H,4,10-11H2,1-3H3. The first-order valence-electron chi connectivity index (χ1n) is 8.04. The third-order valence-corrected chi connectivity index (χ3v) is 4.88. The average Bonchev–Trinajstić information content (AvgIpc) is 3.21. The first-order chi connectivity index (χ1) is 12.0. The molecule has 8 heteroatoms. The Balaban J connectivity index is 2.01. The number of fused-ring (bicyclic) bond motifs is 1. The van der Waals surface area contributed by atoms with E-state index in [9.17, 15) is 9.18 Å². The fraction of sp³-hybridized carbons (Fsp3) is 0.353. The van der Waals surface area contributed by atoms with Crippen molar-refractivity contribution in [3.05, 3.63) is 42.0 Å². The molecule has 3 aromatic rings. The Morgan fingerprint density at radius 1 is 1.28 bits per heavy atom. The fourth-order valence-electron chi connectivity index (χ4n) is 2.51. The smallest absolute Gasteiger partial charge is 0.278 e. The van der Waals surface area contributed by atoms with Crippen LogP contribution in [0, 0.1) is 5.82 Å². The Hall–Kier alpha value is -2.32. The molecule has 0 spiro atoms. The number of thiazole rings is 1. The van der Waals surface area contributed by atoms with E-state index in [1.165, 1.54) is 17.4 Å². The van der Waals surface area contributed by atoms with Crippen LogP contribution in [0.3, 0.4) is 0 Å². The van der Waals surface area contributed by atoms with Crippen LogP contribution < -0.4 is 4.90 Å². The van der Waals surface area contributed by atoms with E-state index in [1.54, 1.807) is 27.9 Å². The number of rotatable bonds is 6. The number of carbonyl (C=O) groups excluding carboxylic acids is 1. The lowest BCUT2D eigenvalue weighted by Gasteiger charge is -2.22. The predicted octanol–water partition coefficient (Wildman–Crippen LogP) is 2.86. The fourth-order valence-corrected chi connectivity index (χ4v) is 3.51. The Labute approximate surface area is 149 Å². The zero-order valence-electron chi connectivity index (χ0n) is 14.4. The van der Waals surface area contributed by atoms with Gasteiger partial charge in [0.15, 0.2) is 5.13 Å². The summed E-state index contributed by atoms with van der Waals surface area (Å²) in [6.45, 7) is 3.66. The number of carbonyl (C=O) groups is 1. The van der Waals surface area contributed by atoms with E-state index in [0.29, 0.717) is 36.0 Å². The van der Waals surface area contributed by atoms with Crippen LogP contribution in [-0.4, -0.2) is 52.8 Å². The summed E-state index contributed by atoms with van der Waals surface area (Å²) in [5.41, 5.74) is 0.801. The van der Waals surface area contributed by atoms with E-state index in [-0.39, 0.29) is 11.7 Å². The van der Waals surface area contributed by atoms with Gasteiger partial charge in [-0.3, -0.25) is 14.4 Å². The van der Waals surface area contributed by atoms with Crippen LogP contribution in [0.4, 0.5) is 9.52 Å². The lowest BCUT2D eigenvalue weighted by Crippen LogP contribution is -2.37. The van der Waals surface area contributed by atoms with Gasteiger partial charge >= 0.3 is 0 Å². The number of aryl methyl sites for hydroxylation is 1. The summed E-state index contributed by atoms with van der Waals surface area (Å²) in [5.74, 6) is -0.556. The molecular weight excluding hydrogens is 341 g/mol. The molecule has 6 nitrogen and oxygen atoms in total. The number of anilines is 1. The summed E-state index contributed by atoms with van der Waals surface area (Å²) in [6, 6.07) is 6.54. The molecule has 0 fully saturated rings. The van der Waals surface area contributed by atoms with Gasteiger partial charge in [-0.1, -0.05) is 17.4 Å². The van der Waals surface area contributed by atoms with Crippen LogP contribution in [0.2, 0.25) is 0 Å². The van der Waals surface area contributed by atoms with Crippen LogP contribution in [-0.2, 0) is 6.54 Å². The van der Waals surface area contributed by atoms with Crippen LogP contribution >= 0.6 is 11.3 Å². The minimum absolute atomic E-state index is 0.180. The number of aromatic nitrogens is 3. The molecule has 3 rings (SSSR count). The van der Waals surface area contributed by atoms with Crippen molar-refractivity contribution >= 4 is 32.6 Å². The molecule has 0 saturated carbocycles. The lowest BCUT2D eigenvalue weighted by molar-refractivity contribution is 0.0975. The Bertz CT molecular complexity index is 888. The average molecular weight is 361 g/mol. The number of halogens is 1. The number of hydrogen-bond acceptors (Lipinski definition) is 5. The monoisotopic (exact) mass is 361 g/mol. The molecule has 0 saturated heterocycles. The van der Waals surface area contributed by atoms with E-state index in [0.717, 1.165) is 4.70 Å². The second-order valence-corrected chi connectivity index (χ2v) is 6.88. The molecule has 132 valence electrons. The minimum Gasteiger partial charge on any atom is -0.308 e. The summed E-state index contributed by atoms with van der Waals surface area (Å²) in [4.78, 5) is 21.1. The van der Waals surface area contributed by atoms with Crippen LogP contribution in [0.5, 0.6) is 0 Å². The lowest BCUT2D eigenvalue weighted by atomic mass is 10.3. The number of amides is 1. The summed E-state index contributed by atoms with van der Waals surface area (Å²) in [6.07, 6.45) is 1.61. The van der Waals surface area contributed by atoms with Crippen molar-refractivity contribution in [1.29, 1.82) is 0 Å². The molecule has 2 heterocycles. The van der Waals surface area contributed by atoms with Crippen molar-refractivity contribution in [3.8, 4) is 0 Å². The second kappa shape index (κ2) is 7.28. The zero-order chi connectivity index (χ0) is 18.0. The zero-order valence-corrected chi connectivity index (χ0v) is 15.3. The first-order valence-corrected chi connectivity index (χ1v) is 8.86. The number of nitrogens with zero attached hydrogens (tertiary/aromatic N) is 5. The topological polar surface area (TPSA) is 54.3 Å². The number of likely N-dealkylation sites (N-methyl/N-ethyl adjacent to an activating group) is 1. The highest BCUT2D eigenvalue weighted by molar-refractivity contribution is 7.22. The van der Waals surface area contributed by atoms with E-state index in [2.05, 4.69) is 10.1 Å². The van der Waals surface area contributed by atoms with Gasteiger partial charge in [-0.25, -0.2) is 9.37 Å². The van der Waals surface area contributed by atoms with Gasteiger partial charge in [0, 0.05) is 25.8 Å². The van der Waals surface area contributed by atoms with Crippen molar-refractivity contribution in [1.82, 2.24) is 19.7 Å². The summed E-state index contributed by atoms with van der Waals surface area (Å²) in [7, 11) is 3.88. The molecule has 25 heavy (non-hydrogen) atoms. The van der Waals surface area contributed by atoms with E-state index >= 15 is 0 Å². The van der Waals surface area contributed by atoms with Gasteiger partial charge in [-0.15, -0.1) is 0 Å². The van der Waals surface area contributed by atoms with Crippen molar-refractivity contribution in [2.45, 2.75) is 13.5 Å². The van der Waals surface area contributed by atoms with Gasteiger partial charge in [-0.2, -0.15) is 5.10 Å². The van der Waals surface area contributed by atoms with E-state index in [4.69, 9.17) is 0 Å². The second-order valence-electron chi connectivity index (χ2n) is 5.88. The highest BCUT2D eigenvalue weighted by Gasteiger charge is 2.24. The maximum Gasteiger partial charge on any atom is 0.278 e. The molecule has 0 aliphatic heterocycles. The molecule has 0 radical (unpaired) electrons. The molecule has 0 aliphatic carbocycles. The molecule has 0 unspecified atom stereocenters. The van der Waals surface area contributed by atoms with Gasteiger partial charge in [0.25, 0.3) is 5.91 Å². The molecule has 1 amide bonds. The summed E-state index contributed by atoms with van der Waals surface area (Å²) >= 11 is 1.32. The Morgan fingerprint density at radius 2 is 2.08 bits per heavy atom. The van der Waals surface area contributed by atoms with Gasteiger partial charge in [0.2, 0.25) is 0 Å². The predicted molar refractivity (Wildman–Crippen MR) is 97.7 cm³/mol. The molecule has 0 N–H and O–H groups in total. The maximum atomic E-state index is 14.0. The van der Waals surface area contributed by atoms with E-state index in [1.807, 2.05) is 32.0 Å². The van der Waals surface area contributed by atoms with Crippen molar-refractivity contribution in [2.75, 3.05) is 32.1 Å². The SMILES string of the molecule is CCn1nccc1C(=O)N(CCN(C)C)c1nc2c(F)cccc2s1. The largest absolute Gasteiger partial charge is 0.308 e. The number of benzene rings is 1. The molecule has 0 aliphatic rings. The Kier molecular flexibility index (Phi) is 5.10. The van der Waals surface area contributed by atoms with E-state index < -0.39 is 0 Å². The number of hydrogen-bond donors (Lipinski definition) is 0. The van der Waals surface area contributed by atoms with Crippen LogP contribution in [0.25, 0.3) is 10.2 Å². The van der Waals surface area contributed by atoms with Gasteiger partial charge in [0.1, 0.15) is 17.0 Å². The Morgan fingerprint density at radius 3 is 2.76 bits per heavy atom. The first kappa shape index (κ1) is 17.5.